The maximum atomic E-state index is 11.9. The number of piperazine rings is 1. The highest BCUT2D eigenvalue weighted by Crippen LogP contribution is 2.13. The van der Waals surface area contributed by atoms with Gasteiger partial charge in [0.2, 0.25) is 5.91 Å². The first kappa shape index (κ1) is 13.5. The summed E-state index contributed by atoms with van der Waals surface area (Å²) in [5, 5.41) is 5.14. The van der Waals surface area contributed by atoms with Crippen LogP contribution in [0.3, 0.4) is 0 Å². The Morgan fingerprint density at radius 2 is 2.17 bits per heavy atom. The molecular formula is C13H21N3OS. The van der Waals surface area contributed by atoms with Gasteiger partial charge in [0, 0.05) is 50.6 Å². The van der Waals surface area contributed by atoms with Crippen molar-refractivity contribution in [2.75, 3.05) is 39.8 Å². The summed E-state index contributed by atoms with van der Waals surface area (Å²) in [7, 11) is 1.88. The van der Waals surface area contributed by atoms with Gasteiger partial charge >= 0.3 is 0 Å². The molecule has 1 fully saturated rings. The Hall–Kier alpha value is -0.910. The lowest BCUT2D eigenvalue weighted by molar-refractivity contribution is -0.132. The van der Waals surface area contributed by atoms with E-state index >= 15 is 0 Å². The zero-order valence-corrected chi connectivity index (χ0v) is 11.7. The Bertz CT molecular complexity index is 358. The minimum absolute atomic E-state index is 0.278. The Kier molecular flexibility index (Phi) is 5.16. The predicted octanol–water partition coefficient (Wildman–Crippen LogP) is 1.00. The molecule has 1 aromatic rings. The molecule has 0 aliphatic carbocycles. The number of nitrogens with zero attached hydrogens (tertiary/aromatic N) is 2. The lowest BCUT2D eigenvalue weighted by Gasteiger charge is -2.34. The summed E-state index contributed by atoms with van der Waals surface area (Å²) >= 11 is 1.80. The molecule has 1 aromatic heterocycles. The van der Waals surface area contributed by atoms with E-state index in [1.54, 1.807) is 11.3 Å². The molecule has 1 saturated heterocycles. The van der Waals surface area contributed by atoms with E-state index in [4.69, 9.17) is 0 Å². The van der Waals surface area contributed by atoms with Crippen LogP contribution < -0.4 is 5.32 Å². The number of hydrogen-bond donors (Lipinski definition) is 1. The van der Waals surface area contributed by atoms with Gasteiger partial charge in [-0.1, -0.05) is 6.07 Å². The first-order valence-electron chi connectivity index (χ1n) is 6.46. The summed E-state index contributed by atoms with van der Waals surface area (Å²) in [4.78, 5) is 17.7. The van der Waals surface area contributed by atoms with Gasteiger partial charge in [0.05, 0.1) is 0 Å². The van der Waals surface area contributed by atoms with Crippen LogP contribution in [0.1, 0.15) is 11.3 Å². The zero-order valence-electron chi connectivity index (χ0n) is 10.9. The standard InChI is InChI=1S/C13H21N3OS/c1-14-5-4-13(17)16-8-6-15(7-9-16)11-12-3-2-10-18-12/h2-3,10,14H,4-9,11H2,1H3. The molecule has 0 unspecified atom stereocenters. The topological polar surface area (TPSA) is 35.6 Å². The van der Waals surface area contributed by atoms with E-state index in [0.717, 1.165) is 39.3 Å². The fraction of sp³-hybridized carbons (Fsp3) is 0.615. The first-order chi connectivity index (χ1) is 8.79. The van der Waals surface area contributed by atoms with E-state index in [0.29, 0.717) is 6.42 Å². The quantitative estimate of drug-likeness (QED) is 0.864. The van der Waals surface area contributed by atoms with Crippen LogP contribution in [-0.4, -0.2) is 55.5 Å². The number of thiophene rings is 1. The Balaban J connectivity index is 1.72. The summed E-state index contributed by atoms with van der Waals surface area (Å²) in [6.45, 7) is 5.51. The number of carbonyl (C=O) groups is 1. The molecule has 100 valence electrons. The molecule has 0 atom stereocenters. The molecule has 1 N–H and O–H groups in total. The minimum Gasteiger partial charge on any atom is -0.340 e. The van der Waals surface area contributed by atoms with Gasteiger partial charge in [-0.05, 0) is 18.5 Å². The van der Waals surface area contributed by atoms with Gasteiger partial charge in [-0.15, -0.1) is 11.3 Å². The summed E-state index contributed by atoms with van der Waals surface area (Å²) in [5.74, 6) is 0.278. The maximum Gasteiger partial charge on any atom is 0.223 e. The second kappa shape index (κ2) is 6.87. The molecule has 2 rings (SSSR count). The second-order valence-electron chi connectivity index (χ2n) is 4.59. The highest BCUT2D eigenvalue weighted by Gasteiger charge is 2.20. The van der Waals surface area contributed by atoms with Crippen molar-refractivity contribution in [1.82, 2.24) is 15.1 Å². The van der Waals surface area contributed by atoms with Crippen molar-refractivity contribution in [3.63, 3.8) is 0 Å². The Morgan fingerprint density at radius 1 is 1.39 bits per heavy atom. The normalized spacial score (nSPS) is 17.1. The molecule has 1 aliphatic rings. The van der Waals surface area contributed by atoms with Crippen LogP contribution in [0.2, 0.25) is 0 Å². The van der Waals surface area contributed by atoms with Crippen molar-refractivity contribution in [1.29, 1.82) is 0 Å². The van der Waals surface area contributed by atoms with Gasteiger partial charge < -0.3 is 10.2 Å². The predicted molar refractivity (Wildman–Crippen MR) is 74.7 cm³/mol. The third kappa shape index (κ3) is 3.80. The fourth-order valence-electron chi connectivity index (χ4n) is 2.17. The molecule has 1 aliphatic heterocycles. The summed E-state index contributed by atoms with van der Waals surface area (Å²) < 4.78 is 0. The summed E-state index contributed by atoms with van der Waals surface area (Å²) in [5.41, 5.74) is 0. The van der Waals surface area contributed by atoms with E-state index in [2.05, 4.69) is 27.7 Å². The molecule has 1 amide bonds. The molecule has 0 saturated carbocycles. The summed E-state index contributed by atoms with van der Waals surface area (Å²) in [6, 6.07) is 4.27. The Morgan fingerprint density at radius 3 is 2.78 bits per heavy atom. The van der Waals surface area contributed by atoms with Gasteiger partial charge in [-0.2, -0.15) is 0 Å². The van der Waals surface area contributed by atoms with Crippen molar-refractivity contribution < 1.29 is 4.79 Å². The minimum atomic E-state index is 0.278. The van der Waals surface area contributed by atoms with Gasteiger partial charge in [0.1, 0.15) is 0 Å². The van der Waals surface area contributed by atoms with Crippen LogP contribution in [0.5, 0.6) is 0 Å². The van der Waals surface area contributed by atoms with E-state index in [-0.39, 0.29) is 5.91 Å². The monoisotopic (exact) mass is 267 g/mol. The van der Waals surface area contributed by atoms with Crippen molar-refractivity contribution >= 4 is 17.2 Å². The molecule has 4 nitrogen and oxygen atoms in total. The number of carbonyl (C=O) groups excluding carboxylic acids is 1. The fourth-order valence-corrected chi connectivity index (χ4v) is 2.91. The highest BCUT2D eigenvalue weighted by atomic mass is 32.1. The summed E-state index contributed by atoms with van der Waals surface area (Å²) in [6.07, 6.45) is 0.613. The average Bonchev–Trinajstić information content (AvgIpc) is 2.89. The molecule has 0 radical (unpaired) electrons. The maximum absolute atomic E-state index is 11.9. The van der Waals surface area contributed by atoms with Crippen LogP contribution >= 0.6 is 11.3 Å². The van der Waals surface area contributed by atoms with Gasteiger partial charge in [0.25, 0.3) is 0 Å². The zero-order chi connectivity index (χ0) is 12.8. The second-order valence-corrected chi connectivity index (χ2v) is 5.62. The number of nitrogens with one attached hydrogen (secondary N) is 1. The third-order valence-electron chi connectivity index (χ3n) is 3.27. The average molecular weight is 267 g/mol. The molecule has 2 heterocycles. The lowest BCUT2D eigenvalue weighted by atomic mass is 10.2. The van der Waals surface area contributed by atoms with Crippen LogP contribution in [0.25, 0.3) is 0 Å². The van der Waals surface area contributed by atoms with Crippen molar-refractivity contribution in [2.45, 2.75) is 13.0 Å². The highest BCUT2D eigenvalue weighted by molar-refractivity contribution is 7.09. The molecular weight excluding hydrogens is 246 g/mol. The van der Waals surface area contributed by atoms with E-state index in [9.17, 15) is 4.79 Å². The molecule has 0 aromatic carbocycles. The van der Waals surface area contributed by atoms with Crippen LogP contribution in [-0.2, 0) is 11.3 Å². The van der Waals surface area contributed by atoms with Crippen molar-refractivity contribution in [3.8, 4) is 0 Å². The SMILES string of the molecule is CNCCC(=O)N1CCN(Cc2cccs2)CC1. The lowest BCUT2D eigenvalue weighted by Crippen LogP contribution is -2.48. The third-order valence-corrected chi connectivity index (χ3v) is 4.13. The first-order valence-corrected chi connectivity index (χ1v) is 7.34. The molecule has 18 heavy (non-hydrogen) atoms. The van der Waals surface area contributed by atoms with Crippen molar-refractivity contribution in [2.24, 2.45) is 0 Å². The number of hydrogen-bond acceptors (Lipinski definition) is 4. The van der Waals surface area contributed by atoms with Crippen LogP contribution in [0, 0.1) is 0 Å². The van der Waals surface area contributed by atoms with Crippen molar-refractivity contribution in [3.05, 3.63) is 22.4 Å². The van der Waals surface area contributed by atoms with Gasteiger partial charge in [-0.25, -0.2) is 0 Å². The van der Waals surface area contributed by atoms with E-state index in [1.165, 1.54) is 4.88 Å². The number of amides is 1. The van der Waals surface area contributed by atoms with Crippen LogP contribution in [0.4, 0.5) is 0 Å². The number of rotatable bonds is 5. The van der Waals surface area contributed by atoms with Crippen LogP contribution in [0.15, 0.2) is 17.5 Å². The molecule has 5 heteroatoms. The van der Waals surface area contributed by atoms with Gasteiger partial charge in [0.15, 0.2) is 0 Å². The smallest absolute Gasteiger partial charge is 0.223 e. The largest absolute Gasteiger partial charge is 0.340 e. The molecule has 0 bridgehead atoms. The molecule has 0 spiro atoms. The van der Waals surface area contributed by atoms with Gasteiger partial charge in [-0.3, -0.25) is 9.69 Å². The Labute approximate surface area is 113 Å². The van der Waals surface area contributed by atoms with E-state index < -0.39 is 0 Å². The van der Waals surface area contributed by atoms with E-state index in [1.807, 2.05) is 11.9 Å².